The summed E-state index contributed by atoms with van der Waals surface area (Å²) < 4.78 is 14.6. The van der Waals surface area contributed by atoms with Crippen LogP contribution >= 0.6 is 63.7 Å². The molecular weight excluding hydrogens is 546 g/mol. The molecule has 1 aliphatic heterocycles. The zero-order valence-corrected chi connectivity index (χ0v) is 17.4. The van der Waals surface area contributed by atoms with Gasteiger partial charge in [-0.05, 0) is 0 Å². The fraction of sp³-hybridized carbons (Fsp3) is 0.818. The van der Waals surface area contributed by atoms with Gasteiger partial charge in [0, 0.05) is 0 Å². The smallest absolute Gasteiger partial charge is 0.331 e. The average molecular weight is 562 g/mol. The molecule has 0 aromatic carbocycles. The number of nitrogens with one attached hydrogen (secondary N) is 1. The van der Waals surface area contributed by atoms with Crippen LogP contribution in [0, 0.1) is 0 Å². The van der Waals surface area contributed by atoms with E-state index in [9.17, 15) is 9.59 Å². The Morgan fingerprint density at radius 3 is 2.14 bits per heavy atom. The van der Waals surface area contributed by atoms with Crippen molar-refractivity contribution in [1.82, 2.24) is 0 Å². The van der Waals surface area contributed by atoms with Crippen LogP contribution in [0.5, 0.6) is 0 Å². The Bertz CT molecular complexity index is 350. The summed E-state index contributed by atoms with van der Waals surface area (Å²) in [5, 5.41) is 0. The van der Waals surface area contributed by atoms with Gasteiger partial charge in [-0.2, -0.15) is 0 Å². The van der Waals surface area contributed by atoms with E-state index in [2.05, 4.69) is 63.7 Å². The molecule has 0 spiro atoms. The van der Waals surface area contributed by atoms with Gasteiger partial charge in [-0.25, -0.2) is 9.59 Å². The van der Waals surface area contributed by atoms with E-state index in [-0.39, 0.29) is 6.61 Å². The molecule has 10 heteroatoms. The van der Waals surface area contributed by atoms with Crippen molar-refractivity contribution >= 4 is 75.7 Å². The van der Waals surface area contributed by atoms with Crippen molar-refractivity contribution in [1.29, 1.82) is 0 Å². The zero-order chi connectivity index (χ0) is 15.8. The van der Waals surface area contributed by atoms with E-state index in [4.69, 9.17) is 14.2 Å². The summed E-state index contributed by atoms with van der Waals surface area (Å²) in [5.74, 6) is -0.903. The maximum Gasteiger partial charge on any atom is 0.331 e. The predicted molar refractivity (Wildman–Crippen MR) is 90.5 cm³/mol. The lowest BCUT2D eigenvalue weighted by atomic mass is 10.3. The lowest BCUT2D eigenvalue weighted by Crippen LogP contribution is -3.15. The normalized spacial score (nSPS) is 17.8. The number of halogens is 4. The predicted octanol–water partition coefficient (Wildman–Crippen LogP) is 0.588. The zero-order valence-electron chi connectivity index (χ0n) is 11.0. The number of morpholine rings is 1. The van der Waals surface area contributed by atoms with Crippen molar-refractivity contribution in [2.24, 2.45) is 0 Å². The van der Waals surface area contributed by atoms with Crippen molar-refractivity contribution in [3.8, 4) is 0 Å². The minimum atomic E-state index is -0.581. The Hall–Kier alpha value is 0.780. The first kappa shape index (κ1) is 19.8. The molecule has 1 fully saturated rings. The van der Waals surface area contributed by atoms with Gasteiger partial charge in [0.1, 0.15) is 26.2 Å². The first-order valence-electron chi connectivity index (χ1n) is 6.25. The minimum Gasteiger partial charge on any atom is -0.460 e. The molecule has 21 heavy (non-hydrogen) atoms. The third kappa shape index (κ3) is 8.26. The van der Waals surface area contributed by atoms with Gasteiger partial charge in [0.05, 0.1) is 13.2 Å². The molecule has 1 unspecified atom stereocenters. The van der Waals surface area contributed by atoms with Crippen LogP contribution in [0.1, 0.15) is 0 Å². The van der Waals surface area contributed by atoms with Crippen molar-refractivity contribution < 1.29 is 28.7 Å². The SMILES string of the molecule is O=C(OCC(C[NH+]1CCOCC1)OC(=O)C(Br)Br)C(Br)Br. The number of rotatable bonds is 7. The molecule has 6 nitrogen and oxygen atoms in total. The molecule has 122 valence electrons. The van der Waals surface area contributed by atoms with Crippen LogP contribution in [-0.4, -0.2) is 65.0 Å². The van der Waals surface area contributed by atoms with E-state index in [0.29, 0.717) is 19.8 Å². The quantitative estimate of drug-likeness (QED) is 0.364. The number of carbonyl (C=O) groups excluding carboxylic acids is 2. The average Bonchev–Trinajstić information content (AvgIpc) is 2.45. The maximum absolute atomic E-state index is 11.7. The first-order valence-corrected chi connectivity index (χ1v) is 9.91. The third-order valence-corrected chi connectivity index (χ3v) is 4.26. The van der Waals surface area contributed by atoms with Gasteiger partial charge in [0.15, 0.2) is 13.6 Å². The van der Waals surface area contributed by atoms with Crippen LogP contribution < -0.4 is 4.90 Å². The van der Waals surface area contributed by atoms with Gasteiger partial charge in [-0.3, -0.25) is 0 Å². The summed E-state index contributed by atoms with van der Waals surface area (Å²) in [6, 6.07) is 0. The van der Waals surface area contributed by atoms with Crippen LogP contribution in [0.4, 0.5) is 0 Å². The molecule has 0 aromatic heterocycles. The molecule has 0 radical (unpaired) electrons. The molecule has 0 saturated carbocycles. The summed E-state index contributed by atoms with van der Waals surface area (Å²) in [7, 11) is 0. The second kappa shape index (κ2) is 10.5. The van der Waals surface area contributed by atoms with Gasteiger partial charge >= 0.3 is 11.9 Å². The van der Waals surface area contributed by atoms with Crippen molar-refractivity contribution in [3.05, 3.63) is 0 Å². The second-order valence-electron chi connectivity index (χ2n) is 4.36. The number of hydrogen-bond acceptors (Lipinski definition) is 5. The van der Waals surface area contributed by atoms with Crippen LogP contribution in [0.25, 0.3) is 0 Å². The highest BCUT2D eigenvalue weighted by Gasteiger charge is 2.27. The molecule has 1 rings (SSSR count). The fourth-order valence-corrected chi connectivity index (χ4v) is 2.25. The Labute approximate surface area is 156 Å². The molecule has 0 aliphatic carbocycles. The van der Waals surface area contributed by atoms with Crippen LogP contribution in [0.2, 0.25) is 0 Å². The lowest BCUT2D eigenvalue weighted by Gasteiger charge is -2.27. The van der Waals surface area contributed by atoms with Gasteiger partial charge in [0.2, 0.25) is 0 Å². The monoisotopic (exact) mass is 558 g/mol. The van der Waals surface area contributed by atoms with Crippen LogP contribution in [-0.2, 0) is 23.8 Å². The highest BCUT2D eigenvalue weighted by atomic mass is 79.9. The fourth-order valence-electron chi connectivity index (χ4n) is 1.77. The Morgan fingerprint density at radius 1 is 1.05 bits per heavy atom. The van der Waals surface area contributed by atoms with E-state index < -0.39 is 25.5 Å². The Balaban J connectivity index is 2.51. The van der Waals surface area contributed by atoms with E-state index in [1.54, 1.807) is 0 Å². The number of ether oxygens (including phenoxy) is 3. The van der Waals surface area contributed by atoms with Crippen molar-refractivity contribution in [3.63, 3.8) is 0 Å². The molecule has 1 atom stereocenters. The molecule has 1 aliphatic rings. The third-order valence-electron chi connectivity index (χ3n) is 2.77. The van der Waals surface area contributed by atoms with Crippen molar-refractivity contribution in [2.75, 3.05) is 39.5 Å². The van der Waals surface area contributed by atoms with Crippen LogP contribution in [0.3, 0.4) is 0 Å². The lowest BCUT2D eigenvalue weighted by molar-refractivity contribution is -0.910. The summed E-state index contributed by atoms with van der Waals surface area (Å²) in [6.07, 6.45) is -0.495. The van der Waals surface area contributed by atoms with E-state index >= 15 is 0 Å². The van der Waals surface area contributed by atoms with E-state index in [1.807, 2.05) is 0 Å². The molecule has 0 amide bonds. The van der Waals surface area contributed by atoms with Gasteiger partial charge in [0.25, 0.3) is 0 Å². The molecule has 1 heterocycles. The number of quaternary nitrogens is 1. The first-order chi connectivity index (χ1) is 9.90. The Morgan fingerprint density at radius 2 is 1.62 bits per heavy atom. The second-order valence-corrected chi connectivity index (χ2v) is 10.5. The summed E-state index contributed by atoms with van der Waals surface area (Å²) >= 11 is 12.3. The molecule has 0 aromatic rings. The van der Waals surface area contributed by atoms with E-state index in [0.717, 1.165) is 13.1 Å². The summed E-state index contributed by atoms with van der Waals surface area (Å²) in [5.41, 5.74) is 0. The summed E-state index contributed by atoms with van der Waals surface area (Å²) in [6.45, 7) is 3.64. The molecular formula is C11H16Br4NO5+. The molecule has 1 N–H and O–H groups in total. The summed E-state index contributed by atoms with van der Waals surface area (Å²) in [4.78, 5) is 24.4. The standard InChI is InChI=1S/C11H15Br4NO5/c12-8(13)10(17)20-6-7(21-11(18)9(14)15)5-16-1-3-19-4-2-16/h7-9H,1-6H2/p+1. The van der Waals surface area contributed by atoms with Crippen molar-refractivity contribution in [2.45, 2.75) is 13.6 Å². The number of esters is 2. The Kier molecular flexibility index (Phi) is 9.95. The molecule has 0 bridgehead atoms. The van der Waals surface area contributed by atoms with Crippen LogP contribution in [0.15, 0.2) is 0 Å². The maximum atomic E-state index is 11.7. The topological polar surface area (TPSA) is 66.3 Å². The highest BCUT2D eigenvalue weighted by Crippen LogP contribution is 2.13. The largest absolute Gasteiger partial charge is 0.460 e. The van der Waals surface area contributed by atoms with E-state index in [1.165, 1.54) is 4.90 Å². The number of carbonyl (C=O) groups is 2. The number of alkyl halides is 4. The van der Waals surface area contributed by atoms with Gasteiger partial charge in [-0.1, -0.05) is 63.7 Å². The van der Waals surface area contributed by atoms with Gasteiger partial charge in [-0.15, -0.1) is 0 Å². The number of hydrogen-bond donors (Lipinski definition) is 1. The minimum absolute atomic E-state index is 0.0232. The highest BCUT2D eigenvalue weighted by molar-refractivity contribution is 9.25. The molecule has 1 saturated heterocycles. The van der Waals surface area contributed by atoms with Gasteiger partial charge < -0.3 is 19.1 Å².